The molecule has 5 atom stereocenters. The quantitative estimate of drug-likeness (QED) is 0.0910. The largest absolute Gasteiger partial charge is 0.445 e. The molecule has 3 amide bonds. The van der Waals surface area contributed by atoms with E-state index in [9.17, 15) is 24.6 Å². The summed E-state index contributed by atoms with van der Waals surface area (Å²) in [6.07, 6.45) is -2.94. The van der Waals surface area contributed by atoms with Crippen LogP contribution in [0.5, 0.6) is 0 Å². The van der Waals surface area contributed by atoms with Gasteiger partial charge in [-0.15, -0.1) is 0 Å². The third-order valence-corrected chi connectivity index (χ3v) is 8.13. The van der Waals surface area contributed by atoms with Crippen LogP contribution in [0.2, 0.25) is 0 Å². The predicted molar refractivity (Wildman–Crippen MR) is 199 cm³/mol. The summed E-state index contributed by atoms with van der Waals surface area (Å²) in [7, 11) is 0. The highest BCUT2D eigenvalue weighted by atomic mass is 16.6. The maximum Gasteiger partial charge on any atom is 0.408 e. The fraction of sp³-hybridized carbons (Fsp3) is 0.341. The first-order chi connectivity index (χ1) is 25.0. The second-order valence-corrected chi connectivity index (χ2v) is 13.6. The Balaban J connectivity index is 1.43. The summed E-state index contributed by atoms with van der Waals surface area (Å²) >= 11 is 0. The normalized spacial score (nSPS) is 14.2. The van der Waals surface area contributed by atoms with Gasteiger partial charge in [-0.1, -0.05) is 121 Å². The van der Waals surface area contributed by atoms with Gasteiger partial charge in [-0.05, 0) is 55.9 Å². The molecular formula is C41H50N4O7. The molecule has 11 nitrogen and oxygen atoms in total. The summed E-state index contributed by atoms with van der Waals surface area (Å²) in [5.74, 6) is -0.535. The van der Waals surface area contributed by atoms with Crippen molar-refractivity contribution in [3.8, 4) is 0 Å². The van der Waals surface area contributed by atoms with Gasteiger partial charge in [-0.3, -0.25) is 4.79 Å². The number of nitrogens with one attached hydrogen (secondary N) is 4. The average Bonchev–Trinajstić information content (AvgIpc) is 3.13. The van der Waals surface area contributed by atoms with E-state index in [2.05, 4.69) is 21.3 Å². The summed E-state index contributed by atoms with van der Waals surface area (Å²) in [5.41, 5.74) is 2.41. The number of carbonyl (C=O) groups is 3. The monoisotopic (exact) mass is 710 g/mol. The summed E-state index contributed by atoms with van der Waals surface area (Å²) in [5, 5.41) is 34.2. The summed E-state index contributed by atoms with van der Waals surface area (Å²) in [6, 6.07) is 34.3. The first kappa shape index (κ1) is 39.6. The van der Waals surface area contributed by atoms with E-state index in [1.54, 1.807) is 45.0 Å². The van der Waals surface area contributed by atoms with Crippen molar-refractivity contribution < 1.29 is 34.1 Å². The van der Waals surface area contributed by atoms with Gasteiger partial charge in [0, 0.05) is 13.1 Å². The standard InChI is InChI=1S/C41H50N4O7/c1-41(2,3)52-40(50)44-34(25-30-18-10-5-11-19-30)36(47)27-42-26-35(46)33(24-29-16-8-4-9-17-29)43-38(48)37(32-22-14-7-15-23-32)45-39(49)51-28-31-20-12-6-13-21-31/h4-23,33-37,42,46-47H,24-28H2,1-3H3,(H,43,48)(H,44,50)(H,45,49)/t33-,34-,35+,36+,37-/m0/s1. The molecule has 0 bridgehead atoms. The number of aliphatic hydroxyl groups excluding tert-OH is 2. The molecule has 0 saturated heterocycles. The Labute approximate surface area is 305 Å². The molecule has 52 heavy (non-hydrogen) atoms. The van der Waals surface area contributed by atoms with E-state index in [0.717, 1.165) is 16.7 Å². The number of hydrogen-bond donors (Lipinski definition) is 6. The van der Waals surface area contributed by atoms with Crippen LogP contribution >= 0.6 is 0 Å². The summed E-state index contributed by atoms with van der Waals surface area (Å²) < 4.78 is 10.8. The molecule has 0 fully saturated rings. The number of ether oxygens (including phenoxy) is 2. The Bertz CT molecular complexity index is 1650. The van der Waals surface area contributed by atoms with Crippen LogP contribution in [0.3, 0.4) is 0 Å². The number of amides is 3. The van der Waals surface area contributed by atoms with Crippen molar-refractivity contribution in [3.63, 3.8) is 0 Å². The zero-order chi connectivity index (χ0) is 37.3. The fourth-order valence-corrected chi connectivity index (χ4v) is 5.52. The van der Waals surface area contributed by atoms with Gasteiger partial charge in [-0.25, -0.2) is 9.59 Å². The van der Waals surface area contributed by atoms with Gasteiger partial charge in [0.25, 0.3) is 0 Å². The lowest BCUT2D eigenvalue weighted by molar-refractivity contribution is -0.124. The lowest BCUT2D eigenvalue weighted by Gasteiger charge is -2.29. The van der Waals surface area contributed by atoms with E-state index in [4.69, 9.17) is 9.47 Å². The number of aliphatic hydroxyl groups is 2. The first-order valence-electron chi connectivity index (χ1n) is 17.4. The van der Waals surface area contributed by atoms with Gasteiger partial charge in [0.2, 0.25) is 5.91 Å². The highest BCUT2D eigenvalue weighted by molar-refractivity contribution is 5.87. The number of rotatable bonds is 17. The number of benzene rings is 4. The molecule has 11 heteroatoms. The Morgan fingerprint density at radius 2 is 1.04 bits per heavy atom. The van der Waals surface area contributed by atoms with Gasteiger partial charge in [0.15, 0.2) is 0 Å². The molecule has 4 aromatic rings. The molecule has 6 N–H and O–H groups in total. The second-order valence-electron chi connectivity index (χ2n) is 13.6. The molecule has 0 aliphatic heterocycles. The minimum Gasteiger partial charge on any atom is -0.445 e. The molecule has 0 spiro atoms. The topological polar surface area (TPSA) is 158 Å². The van der Waals surface area contributed by atoms with E-state index in [1.165, 1.54) is 0 Å². The Morgan fingerprint density at radius 1 is 0.596 bits per heavy atom. The second kappa shape index (κ2) is 20.0. The van der Waals surface area contributed by atoms with Crippen LogP contribution in [0, 0.1) is 0 Å². The van der Waals surface area contributed by atoms with Crippen molar-refractivity contribution >= 4 is 18.1 Å². The molecule has 0 unspecified atom stereocenters. The van der Waals surface area contributed by atoms with Crippen LogP contribution in [-0.2, 0) is 33.7 Å². The number of carbonyl (C=O) groups excluding carboxylic acids is 3. The molecule has 0 aromatic heterocycles. The van der Waals surface area contributed by atoms with E-state index >= 15 is 0 Å². The van der Waals surface area contributed by atoms with Crippen LogP contribution in [0.25, 0.3) is 0 Å². The molecule has 276 valence electrons. The lowest BCUT2D eigenvalue weighted by atomic mass is 9.99. The Morgan fingerprint density at radius 3 is 1.52 bits per heavy atom. The highest BCUT2D eigenvalue weighted by Crippen LogP contribution is 2.16. The molecular weight excluding hydrogens is 660 g/mol. The SMILES string of the molecule is CC(C)(C)OC(=O)N[C@@H](Cc1ccccc1)[C@H](O)CNC[C@@H](O)[C@H](Cc1ccccc1)NC(=O)[C@@H](NC(=O)OCc1ccccc1)c1ccccc1. The van der Waals surface area contributed by atoms with Crippen molar-refractivity contribution in [2.75, 3.05) is 13.1 Å². The molecule has 0 aliphatic carbocycles. The van der Waals surface area contributed by atoms with E-state index in [-0.39, 0.29) is 26.1 Å². The van der Waals surface area contributed by atoms with Gasteiger partial charge < -0.3 is 41.0 Å². The molecule has 0 aliphatic rings. The summed E-state index contributed by atoms with van der Waals surface area (Å²) in [6.45, 7) is 5.34. The first-order valence-corrected chi connectivity index (χ1v) is 17.4. The van der Waals surface area contributed by atoms with Crippen molar-refractivity contribution in [2.45, 2.75) is 76.2 Å². The molecule has 4 aromatic carbocycles. The zero-order valence-corrected chi connectivity index (χ0v) is 29.9. The van der Waals surface area contributed by atoms with E-state index in [1.807, 2.05) is 97.1 Å². The van der Waals surface area contributed by atoms with Crippen molar-refractivity contribution in [3.05, 3.63) is 144 Å². The van der Waals surface area contributed by atoms with Crippen LogP contribution in [0.1, 0.15) is 49.1 Å². The van der Waals surface area contributed by atoms with Crippen molar-refractivity contribution in [2.24, 2.45) is 0 Å². The van der Waals surface area contributed by atoms with Crippen LogP contribution in [-0.4, -0.2) is 71.3 Å². The minimum atomic E-state index is -1.11. The maximum absolute atomic E-state index is 13.9. The third-order valence-electron chi connectivity index (χ3n) is 8.13. The van der Waals surface area contributed by atoms with Crippen LogP contribution in [0.4, 0.5) is 9.59 Å². The molecule has 0 heterocycles. The van der Waals surface area contributed by atoms with Crippen LogP contribution in [0.15, 0.2) is 121 Å². The van der Waals surface area contributed by atoms with Gasteiger partial charge in [0.05, 0.1) is 24.3 Å². The lowest BCUT2D eigenvalue weighted by Crippen LogP contribution is -2.54. The average molecular weight is 711 g/mol. The Hall–Kier alpha value is -5.23. The van der Waals surface area contributed by atoms with Crippen molar-refractivity contribution in [1.29, 1.82) is 0 Å². The fourth-order valence-electron chi connectivity index (χ4n) is 5.52. The van der Waals surface area contributed by atoms with E-state index in [0.29, 0.717) is 12.0 Å². The summed E-state index contributed by atoms with van der Waals surface area (Å²) in [4.78, 5) is 39.5. The minimum absolute atomic E-state index is 0.00187. The molecule has 0 radical (unpaired) electrons. The maximum atomic E-state index is 13.9. The number of hydrogen-bond acceptors (Lipinski definition) is 8. The molecule has 4 rings (SSSR count). The zero-order valence-electron chi connectivity index (χ0n) is 29.9. The van der Waals surface area contributed by atoms with Gasteiger partial charge in [0.1, 0.15) is 18.2 Å². The third kappa shape index (κ3) is 13.8. The number of alkyl carbamates (subject to hydrolysis) is 2. The highest BCUT2D eigenvalue weighted by Gasteiger charge is 2.30. The molecule has 0 saturated carbocycles. The van der Waals surface area contributed by atoms with E-state index < -0.39 is 54.0 Å². The van der Waals surface area contributed by atoms with Gasteiger partial charge in [-0.2, -0.15) is 0 Å². The Kier molecular flexibility index (Phi) is 15.2. The van der Waals surface area contributed by atoms with Gasteiger partial charge >= 0.3 is 12.2 Å². The van der Waals surface area contributed by atoms with Crippen LogP contribution < -0.4 is 21.3 Å². The smallest absolute Gasteiger partial charge is 0.408 e. The van der Waals surface area contributed by atoms with Crippen molar-refractivity contribution in [1.82, 2.24) is 21.3 Å². The predicted octanol–water partition coefficient (Wildman–Crippen LogP) is 4.83.